The molecule has 0 saturated carbocycles. The standard InChI is InChI=1S/C24H21FN6O3/c25-19-8-6-14(9-20-16-3-1-2-4-17(16)23(32)28-27-20)5-7-18(19)24(33)30-11-21-22(12-30)34-13-15-10-26-29-31(15)21/h1-6,8,10,21-22H,7,9,11-13H2,(H,28,32). The van der Waals surface area contributed by atoms with Crippen LogP contribution in [0.1, 0.15) is 23.9 Å². The minimum atomic E-state index is -0.548. The van der Waals surface area contributed by atoms with E-state index in [1.165, 1.54) is 6.08 Å². The number of carbonyl (C=O) groups is 1. The van der Waals surface area contributed by atoms with E-state index >= 15 is 0 Å². The maximum absolute atomic E-state index is 15.0. The fourth-order valence-corrected chi connectivity index (χ4v) is 4.85. The van der Waals surface area contributed by atoms with Crippen LogP contribution in [0.2, 0.25) is 0 Å². The Hall–Kier alpha value is -3.92. The summed E-state index contributed by atoms with van der Waals surface area (Å²) in [5.41, 5.74) is 2.23. The van der Waals surface area contributed by atoms with E-state index in [0.717, 1.165) is 16.7 Å². The van der Waals surface area contributed by atoms with Crippen LogP contribution in [-0.4, -0.2) is 55.2 Å². The minimum absolute atomic E-state index is 0.114. The highest BCUT2D eigenvalue weighted by Crippen LogP contribution is 2.32. The molecule has 4 heterocycles. The van der Waals surface area contributed by atoms with Crippen LogP contribution < -0.4 is 5.56 Å². The van der Waals surface area contributed by atoms with E-state index in [-0.39, 0.29) is 35.6 Å². The molecule has 1 amide bonds. The molecule has 3 aromatic rings. The molecule has 1 fully saturated rings. The molecular formula is C24H21FN6O3. The van der Waals surface area contributed by atoms with Crippen LogP contribution in [0.3, 0.4) is 0 Å². The number of benzene rings is 1. The Labute approximate surface area is 193 Å². The average Bonchev–Trinajstić information content (AvgIpc) is 3.46. The predicted molar refractivity (Wildman–Crippen MR) is 120 cm³/mol. The summed E-state index contributed by atoms with van der Waals surface area (Å²) in [5, 5.41) is 16.1. The molecule has 172 valence electrons. The van der Waals surface area contributed by atoms with Gasteiger partial charge in [-0.2, -0.15) is 5.10 Å². The monoisotopic (exact) mass is 460 g/mol. The Kier molecular flexibility index (Phi) is 4.95. The maximum atomic E-state index is 15.0. The van der Waals surface area contributed by atoms with E-state index in [0.29, 0.717) is 37.2 Å². The van der Waals surface area contributed by atoms with Crippen molar-refractivity contribution in [1.82, 2.24) is 30.1 Å². The van der Waals surface area contributed by atoms with E-state index in [1.54, 1.807) is 34.0 Å². The summed E-state index contributed by atoms with van der Waals surface area (Å²) in [6, 6.07) is 7.12. The predicted octanol–water partition coefficient (Wildman–Crippen LogP) is 2.15. The maximum Gasteiger partial charge on any atom is 0.272 e. The van der Waals surface area contributed by atoms with Crippen molar-refractivity contribution in [1.29, 1.82) is 0 Å². The summed E-state index contributed by atoms with van der Waals surface area (Å²) in [4.78, 5) is 26.9. The third-order valence-corrected chi connectivity index (χ3v) is 6.64. The SMILES string of the molecule is O=C(C1=C(F)C=CC(Cc2n[nH]c(=O)c3ccccc23)=CC1)N1CC2OCc3cnnn3C2C1. The van der Waals surface area contributed by atoms with Gasteiger partial charge >= 0.3 is 0 Å². The Morgan fingerprint density at radius 2 is 2.06 bits per heavy atom. The summed E-state index contributed by atoms with van der Waals surface area (Å²) in [6.45, 7) is 1.17. The van der Waals surface area contributed by atoms with Crippen molar-refractivity contribution in [2.24, 2.45) is 0 Å². The van der Waals surface area contributed by atoms with Crippen molar-refractivity contribution in [2.45, 2.75) is 31.6 Å². The van der Waals surface area contributed by atoms with Gasteiger partial charge < -0.3 is 9.64 Å². The summed E-state index contributed by atoms with van der Waals surface area (Å²) in [5.74, 6) is -0.889. The van der Waals surface area contributed by atoms with Crippen LogP contribution in [0.5, 0.6) is 0 Å². The van der Waals surface area contributed by atoms with Crippen molar-refractivity contribution >= 4 is 16.7 Å². The van der Waals surface area contributed by atoms with E-state index in [1.807, 2.05) is 18.2 Å². The van der Waals surface area contributed by atoms with Crippen molar-refractivity contribution in [3.8, 4) is 0 Å². The molecule has 2 unspecified atom stereocenters. The summed E-state index contributed by atoms with van der Waals surface area (Å²) >= 11 is 0. The molecule has 10 heteroatoms. The molecule has 0 bridgehead atoms. The van der Waals surface area contributed by atoms with Crippen LogP contribution in [-0.2, 0) is 22.6 Å². The number of likely N-dealkylation sites (tertiary alicyclic amines) is 1. The lowest BCUT2D eigenvalue weighted by atomic mass is 10.0. The quantitative estimate of drug-likeness (QED) is 0.642. The molecule has 1 aliphatic carbocycles. The molecule has 34 heavy (non-hydrogen) atoms. The van der Waals surface area contributed by atoms with E-state index in [9.17, 15) is 14.0 Å². The van der Waals surface area contributed by atoms with E-state index < -0.39 is 5.83 Å². The lowest BCUT2D eigenvalue weighted by Gasteiger charge is -2.25. The minimum Gasteiger partial charge on any atom is -0.368 e. The van der Waals surface area contributed by atoms with Gasteiger partial charge in [-0.25, -0.2) is 14.2 Å². The zero-order chi connectivity index (χ0) is 23.2. The van der Waals surface area contributed by atoms with Crippen LogP contribution in [0.15, 0.2) is 70.5 Å². The van der Waals surface area contributed by atoms with Gasteiger partial charge in [0.15, 0.2) is 0 Å². The number of rotatable bonds is 3. The topological polar surface area (TPSA) is 106 Å². The number of nitrogens with zero attached hydrogens (tertiary/aromatic N) is 5. The summed E-state index contributed by atoms with van der Waals surface area (Å²) in [6.07, 6.45) is 6.86. The molecule has 2 atom stereocenters. The molecule has 1 aromatic carbocycles. The average molecular weight is 460 g/mol. The first-order valence-electron chi connectivity index (χ1n) is 11.1. The number of halogens is 1. The van der Waals surface area contributed by atoms with Gasteiger partial charge in [-0.05, 0) is 24.1 Å². The van der Waals surface area contributed by atoms with E-state index in [4.69, 9.17) is 4.74 Å². The first kappa shape index (κ1) is 20.7. The van der Waals surface area contributed by atoms with Gasteiger partial charge in [-0.1, -0.05) is 35.6 Å². The first-order chi connectivity index (χ1) is 16.6. The summed E-state index contributed by atoms with van der Waals surface area (Å²) < 4.78 is 22.7. The number of H-pyrrole nitrogens is 1. The number of amides is 1. The van der Waals surface area contributed by atoms with E-state index in [2.05, 4.69) is 20.5 Å². The third-order valence-electron chi connectivity index (χ3n) is 6.64. The number of nitrogens with one attached hydrogen (secondary N) is 1. The van der Waals surface area contributed by atoms with Crippen LogP contribution in [0.25, 0.3) is 10.8 Å². The first-order valence-corrected chi connectivity index (χ1v) is 11.1. The highest BCUT2D eigenvalue weighted by Gasteiger charge is 2.42. The van der Waals surface area contributed by atoms with Gasteiger partial charge in [0.25, 0.3) is 11.5 Å². The Balaban J connectivity index is 1.21. The number of hydrogen-bond acceptors (Lipinski definition) is 6. The van der Waals surface area contributed by atoms with Gasteiger partial charge in [0, 0.05) is 24.9 Å². The molecule has 0 radical (unpaired) electrons. The van der Waals surface area contributed by atoms with Crippen molar-refractivity contribution in [2.75, 3.05) is 13.1 Å². The molecule has 0 spiro atoms. The molecule has 2 aromatic heterocycles. The normalized spacial score (nSPS) is 21.9. The molecule has 3 aliphatic rings. The highest BCUT2D eigenvalue weighted by molar-refractivity contribution is 5.95. The number of carbonyl (C=O) groups excluding carboxylic acids is 1. The Morgan fingerprint density at radius 3 is 2.94 bits per heavy atom. The molecule has 1 N–H and O–H groups in total. The van der Waals surface area contributed by atoms with Crippen LogP contribution in [0.4, 0.5) is 4.39 Å². The van der Waals surface area contributed by atoms with Crippen LogP contribution >= 0.6 is 0 Å². The number of allylic oxidation sites excluding steroid dienone is 5. The fraction of sp³-hybridized carbons (Fsp3) is 0.292. The van der Waals surface area contributed by atoms with Crippen LogP contribution in [0, 0.1) is 0 Å². The molecule has 9 nitrogen and oxygen atoms in total. The van der Waals surface area contributed by atoms with Crippen molar-refractivity contribution in [3.63, 3.8) is 0 Å². The Morgan fingerprint density at radius 1 is 1.21 bits per heavy atom. The fourth-order valence-electron chi connectivity index (χ4n) is 4.85. The number of aromatic amines is 1. The second kappa shape index (κ2) is 8.14. The molecule has 2 aliphatic heterocycles. The Bertz CT molecular complexity index is 1450. The molecule has 6 rings (SSSR count). The van der Waals surface area contributed by atoms with Gasteiger partial charge in [0.2, 0.25) is 0 Å². The molecular weight excluding hydrogens is 439 g/mol. The highest BCUT2D eigenvalue weighted by atomic mass is 19.1. The van der Waals surface area contributed by atoms with Gasteiger partial charge in [-0.3, -0.25) is 9.59 Å². The zero-order valence-electron chi connectivity index (χ0n) is 18.1. The van der Waals surface area contributed by atoms with Crippen molar-refractivity contribution < 1.29 is 13.9 Å². The zero-order valence-corrected chi connectivity index (χ0v) is 18.1. The van der Waals surface area contributed by atoms with Gasteiger partial charge in [0.05, 0.1) is 47.3 Å². The lowest BCUT2D eigenvalue weighted by Crippen LogP contribution is -2.32. The van der Waals surface area contributed by atoms with Gasteiger partial charge in [-0.15, -0.1) is 5.10 Å². The number of aromatic nitrogens is 5. The number of hydrogen-bond donors (Lipinski definition) is 1. The van der Waals surface area contributed by atoms with Crippen molar-refractivity contribution in [3.05, 3.63) is 87.4 Å². The smallest absolute Gasteiger partial charge is 0.272 e. The second-order valence-corrected chi connectivity index (χ2v) is 8.66. The third kappa shape index (κ3) is 3.47. The lowest BCUT2D eigenvalue weighted by molar-refractivity contribution is -0.126. The number of fused-ring (bicyclic) bond motifs is 4. The second-order valence-electron chi connectivity index (χ2n) is 8.66. The van der Waals surface area contributed by atoms with Gasteiger partial charge in [0.1, 0.15) is 5.83 Å². The number of ether oxygens (including phenoxy) is 1. The summed E-state index contributed by atoms with van der Waals surface area (Å²) in [7, 11) is 0. The molecule has 1 saturated heterocycles. The largest absolute Gasteiger partial charge is 0.368 e.